The van der Waals surface area contributed by atoms with Crippen molar-refractivity contribution in [2.45, 2.75) is 0 Å². The van der Waals surface area contributed by atoms with Gasteiger partial charge in [0, 0.05) is 7.05 Å². The van der Waals surface area contributed by atoms with Gasteiger partial charge < -0.3 is 17.2 Å². The van der Waals surface area contributed by atoms with Gasteiger partial charge in [-0.05, 0) is 0 Å². The van der Waals surface area contributed by atoms with E-state index in [-0.39, 0.29) is 17.5 Å². The molecule has 1 rings (SSSR count). The van der Waals surface area contributed by atoms with E-state index < -0.39 is 0 Å². The van der Waals surface area contributed by atoms with E-state index in [2.05, 4.69) is 15.1 Å². The summed E-state index contributed by atoms with van der Waals surface area (Å²) in [5.74, 6) is 5.68. The zero-order valence-corrected chi connectivity index (χ0v) is 7.68. The number of nitrogen functional groups attached to an aromatic ring is 2. The van der Waals surface area contributed by atoms with Crippen LogP contribution in [-0.2, 0) is 0 Å². The van der Waals surface area contributed by atoms with Gasteiger partial charge in [0.2, 0.25) is 0 Å². The monoisotopic (exact) mass is 196 g/mol. The van der Waals surface area contributed by atoms with E-state index in [9.17, 15) is 0 Å². The molecular weight excluding hydrogens is 184 g/mol. The van der Waals surface area contributed by atoms with Gasteiger partial charge in [-0.1, -0.05) is 0 Å². The van der Waals surface area contributed by atoms with Crippen molar-refractivity contribution < 1.29 is 0 Å². The molecule has 76 valence electrons. The van der Waals surface area contributed by atoms with Gasteiger partial charge in [-0.3, -0.25) is 0 Å². The van der Waals surface area contributed by atoms with E-state index >= 15 is 0 Å². The topological polar surface area (TPSA) is 145 Å². The molecule has 0 radical (unpaired) electrons. The van der Waals surface area contributed by atoms with Gasteiger partial charge in [-0.25, -0.2) is 20.9 Å². The molecular formula is C6H12N8. The number of aromatic nitrogens is 2. The van der Waals surface area contributed by atoms with Gasteiger partial charge in [0.05, 0.1) is 0 Å². The fourth-order valence-electron chi connectivity index (χ4n) is 0.896. The highest BCUT2D eigenvalue weighted by atomic mass is 15.6. The molecule has 0 unspecified atom stereocenters. The summed E-state index contributed by atoms with van der Waals surface area (Å²) in [4.78, 5) is 7.47. The van der Waals surface area contributed by atoms with Crippen LogP contribution in [0.1, 0.15) is 5.56 Å². The Morgan fingerprint density at radius 1 is 1.36 bits per heavy atom. The first kappa shape index (κ1) is 9.99. The Morgan fingerprint density at radius 3 is 2.29 bits per heavy atom. The number of amidine groups is 1. The molecule has 1 heterocycles. The van der Waals surface area contributed by atoms with Crippen LogP contribution in [0.4, 0.5) is 11.6 Å². The Labute approximate surface area is 80.6 Å². The summed E-state index contributed by atoms with van der Waals surface area (Å²) in [6, 6.07) is 0. The van der Waals surface area contributed by atoms with Crippen molar-refractivity contribution in [2.24, 2.45) is 16.7 Å². The van der Waals surface area contributed by atoms with Crippen molar-refractivity contribution in [3.8, 4) is 0 Å². The molecule has 8 nitrogen and oxygen atoms in total. The van der Waals surface area contributed by atoms with Crippen LogP contribution in [-0.4, -0.2) is 28.0 Å². The third-order valence-electron chi connectivity index (χ3n) is 1.43. The van der Waals surface area contributed by atoms with Crippen molar-refractivity contribution >= 4 is 17.5 Å². The van der Waals surface area contributed by atoms with E-state index in [0.29, 0.717) is 5.56 Å². The number of hydrazone groups is 1. The zero-order chi connectivity index (χ0) is 10.7. The van der Waals surface area contributed by atoms with E-state index in [0.717, 1.165) is 5.12 Å². The molecule has 0 amide bonds. The predicted octanol–water partition coefficient (Wildman–Crippen LogP) is -1.93. The first-order valence-electron chi connectivity index (χ1n) is 3.71. The lowest BCUT2D eigenvalue weighted by atomic mass is 10.2. The number of nitrogens with zero attached hydrogens (tertiary/aromatic N) is 4. The second-order valence-corrected chi connectivity index (χ2v) is 2.58. The molecule has 0 aliphatic rings. The van der Waals surface area contributed by atoms with Crippen LogP contribution < -0.4 is 23.0 Å². The normalized spacial score (nSPS) is 11.4. The molecule has 0 saturated heterocycles. The standard InChI is InChI=1S/C6H12N8/c1-14(10)13-6(9)3-4(7)11-2-12-5(3)8/h2H,10H2,1H3,(H2,9,13)(H4,7,8,11,12). The van der Waals surface area contributed by atoms with Gasteiger partial charge in [0.15, 0.2) is 5.84 Å². The van der Waals surface area contributed by atoms with Crippen LogP contribution in [0.25, 0.3) is 0 Å². The summed E-state index contributed by atoms with van der Waals surface area (Å²) in [6.45, 7) is 0. The Bertz CT molecular complexity index is 337. The number of rotatable bonds is 2. The quantitative estimate of drug-likeness (QED) is 0.186. The summed E-state index contributed by atoms with van der Waals surface area (Å²) in [7, 11) is 1.52. The SMILES string of the molecule is CN(N)/N=C(\N)c1c(N)ncnc1N. The van der Waals surface area contributed by atoms with Crippen molar-refractivity contribution in [2.75, 3.05) is 18.5 Å². The number of nitrogens with two attached hydrogens (primary N) is 4. The molecule has 0 bridgehead atoms. The second kappa shape index (κ2) is 3.75. The molecule has 0 atom stereocenters. The van der Waals surface area contributed by atoms with Crippen molar-refractivity contribution in [1.29, 1.82) is 0 Å². The van der Waals surface area contributed by atoms with Gasteiger partial charge in [0.25, 0.3) is 0 Å². The third-order valence-corrected chi connectivity index (χ3v) is 1.43. The molecule has 0 aromatic carbocycles. The molecule has 0 spiro atoms. The maximum Gasteiger partial charge on any atom is 0.159 e. The van der Waals surface area contributed by atoms with E-state index in [1.165, 1.54) is 13.4 Å². The average molecular weight is 196 g/mol. The Morgan fingerprint density at radius 2 is 1.86 bits per heavy atom. The maximum absolute atomic E-state index is 5.59. The first-order valence-corrected chi connectivity index (χ1v) is 3.71. The molecule has 8 heteroatoms. The van der Waals surface area contributed by atoms with Crippen LogP contribution in [0.3, 0.4) is 0 Å². The highest BCUT2D eigenvalue weighted by Gasteiger charge is 2.10. The maximum atomic E-state index is 5.59. The third kappa shape index (κ3) is 1.98. The van der Waals surface area contributed by atoms with Crippen LogP contribution >= 0.6 is 0 Å². The second-order valence-electron chi connectivity index (χ2n) is 2.58. The lowest BCUT2D eigenvalue weighted by Gasteiger charge is -2.09. The zero-order valence-electron chi connectivity index (χ0n) is 7.68. The van der Waals surface area contributed by atoms with Crippen molar-refractivity contribution in [3.63, 3.8) is 0 Å². The van der Waals surface area contributed by atoms with Gasteiger partial charge in [-0.2, -0.15) is 0 Å². The fourth-order valence-corrected chi connectivity index (χ4v) is 0.896. The molecule has 1 aromatic rings. The van der Waals surface area contributed by atoms with Crippen molar-refractivity contribution in [3.05, 3.63) is 11.9 Å². The Hall–Kier alpha value is -2.09. The van der Waals surface area contributed by atoms with Crippen LogP contribution in [0.15, 0.2) is 11.4 Å². The minimum Gasteiger partial charge on any atom is -0.383 e. The Balaban J connectivity index is 3.18. The summed E-state index contributed by atoms with van der Waals surface area (Å²) >= 11 is 0. The predicted molar refractivity (Wildman–Crippen MR) is 53.5 cm³/mol. The molecule has 14 heavy (non-hydrogen) atoms. The molecule has 0 aliphatic heterocycles. The van der Waals surface area contributed by atoms with Gasteiger partial charge in [0.1, 0.15) is 23.5 Å². The number of anilines is 2. The van der Waals surface area contributed by atoms with Crippen LogP contribution in [0, 0.1) is 0 Å². The molecule has 0 aliphatic carbocycles. The number of hydrazine groups is 1. The average Bonchev–Trinajstić information content (AvgIpc) is 2.01. The smallest absolute Gasteiger partial charge is 0.159 e. The number of hydrogen-bond donors (Lipinski definition) is 4. The van der Waals surface area contributed by atoms with Crippen LogP contribution in [0.2, 0.25) is 0 Å². The molecule has 1 aromatic heterocycles. The Kier molecular flexibility index (Phi) is 2.67. The van der Waals surface area contributed by atoms with Gasteiger partial charge >= 0.3 is 0 Å². The lowest BCUT2D eigenvalue weighted by Crippen LogP contribution is -2.27. The minimum absolute atomic E-state index is 0.0746. The summed E-state index contributed by atoms with van der Waals surface area (Å²) < 4.78 is 0. The lowest BCUT2D eigenvalue weighted by molar-refractivity contribution is 0.372. The first-order chi connectivity index (χ1) is 6.52. The summed E-state index contributed by atoms with van der Waals surface area (Å²) in [5, 5.41) is 4.78. The summed E-state index contributed by atoms with van der Waals surface area (Å²) in [5.41, 5.74) is 17.0. The van der Waals surface area contributed by atoms with Gasteiger partial charge in [-0.15, -0.1) is 5.10 Å². The van der Waals surface area contributed by atoms with E-state index in [4.69, 9.17) is 23.0 Å². The largest absolute Gasteiger partial charge is 0.383 e. The summed E-state index contributed by atoms with van der Waals surface area (Å²) in [6.07, 6.45) is 1.24. The number of hydrogen-bond acceptors (Lipinski definition) is 7. The highest BCUT2D eigenvalue weighted by molar-refractivity contribution is 6.04. The minimum atomic E-state index is 0.0746. The fraction of sp³-hybridized carbons (Fsp3) is 0.167. The van der Waals surface area contributed by atoms with Crippen LogP contribution in [0.5, 0.6) is 0 Å². The van der Waals surface area contributed by atoms with E-state index in [1.54, 1.807) is 0 Å². The van der Waals surface area contributed by atoms with Crippen molar-refractivity contribution in [1.82, 2.24) is 15.1 Å². The molecule has 8 N–H and O–H groups in total. The highest BCUT2D eigenvalue weighted by Crippen LogP contribution is 2.12. The van der Waals surface area contributed by atoms with E-state index in [1.807, 2.05) is 0 Å². The molecule has 0 saturated carbocycles. The molecule has 0 fully saturated rings.